The van der Waals surface area contributed by atoms with Gasteiger partial charge < -0.3 is 9.42 Å². The van der Waals surface area contributed by atoms with Crippen LogP contribution in [0.1, 0.15) is 36.4 Å². The van der Waals surface area contributed by atoms with Gasteiger partial charge in [0.15, 0.2) is 11.6 Å². The minimum atomic E-state index is 0.0145. The molecular formula is C20H28N6O. The number of piperazine rings is 1. The first-order chi connectivity index (χ1) is 13.0. The number of hydrogen-bond acceptors (Lipinski definition) is 6. The van der Waals surface area contributed by atoms with Gasteiger partial charge in [-0.05, 0) is 37.0 Å². The van der Waals surface area contributed by atoms with Crippen molar-refractivity contribution >= 4 is 11.5 Å². The number of anilines is 1. The second kappa shape index (κ2) is 8.43. The maximum Gasteiger partial charge on any atom is 0.175 e. The molecule has 0 unspecified atom stereocenters. The Morgan fingerprint density at radius 2 is 1.96 bits per heavy atom. The Kier molecular flexibility index (Phi) is 6.01. The SMILES string of the molecule is Cc1cc(CN2CCN(c3cc(CC(C)C)ccc3C(=N)N=N)CC2)on1. The second-order valence-electron chi connectivity index (χ2n) is 7.61. The van der Waals surface area contributed by atoms with E-state index in [0.29, 0.717) is 5.92 Å². The minimum Gasteiger partial charge on any atom is -0.368 e. The predicted octanol–water partition coefficient (Wildman–Crippen LogP) is 3.86. The molecule has 0 aliphatic carbocycles. The highest BCUT2D eigenvalue weighted by Gasteiger charge is 2.22. The highest BCUT2D eigenvalue weighted by atomic mass is 16.5. The van der Waals surface area contributed by atoms with Crippen LogP contribution in [0.2, 0.25) is 0 Å². The number of benzene rings is 1. The summed E-state index contributed by atoms with van der Waals surface area (Å²) in [6.45, 7) is 10.7. The fourth-order valence-electron chi connectivity index (χ4n) is 3.56. The lowest BCUT2D eigenvalue weighted by Crippen LogP contribution is -2.46. The molecule has 1 fully saturated rings. The number of nitrogens with zero attached hydrogens (tertiary/aromatic N) is 4. The van der Waals surface area contributed by atoms with Gasteiger partial charge in [-0.1, -0.05) is 25.1 Å². The van der Waals surface area contributed by atoms with Crippen molar-refractivity contribution in [2.75, 3.05) is 31.1 Å². The quantitative estimate of drug-likeness (QED) is 0.460. The molecule has 3 rings (SSSR count). The van der Waals surface area contributed by atoms with Crippen molar-refractivity contribution in [2.45, 2.75) is 33.7 Å². The van der Waals surface area contributed by atoms with E-state index in [4.69, 9.17) is 15.5 Å². The van der Waals surface area contributed by atoms with Crippen molar-refractivity contribution in [3.8, 4) is 0 Å². The average Bonchev–Trinajstić information content (AvgIpc) is 3.06. The molecule has 0 radical (unpaired) electrons. The first kappa shape index (κ1) is 19.2. The number of nitrogens with one attached hydrogen (secondary N) is 2. The molecular weight excluding hydrogens is 340 g/mol. The number of amidine groups is 1. The van der Waals surface area contributed by atoms with Crippen molar-refractivity contribution < 1.29 is 4.52 Å². The Morgan fingerprint density at radius 3 is 2.56 bits per heavy atom. The van der Waals surface area contributed by atoms with Crippen LogP contribution in [0.4, 0.5) is 5.69 Å². The van der Waals surface area contributed by atoms with Crippen LogP contribution in [0.25, 0.3) is 0 Å². The number of hydrogen-bond donors (Lipinski definition) is 2. The van der Waals surface area contributed by atoms with Gasteiger partial charge in [0.2, 0.25) is 0 Å². The summed E-state index contributed by atoms with van der Waals surface area (Å²) >= 11 is 0. The highest BCUT2D eigenvalue weighted by Crippen LogP contribution is 2.26. The molecule has 2 N–H and O–H groups in total. The summed E-state index contributed by atoms with van der Waals surface area (Å²) in [5.74, 6) is 1.49. The van der Waals surface area contributed by atoms with Crippen LogP contribution >= 0.6 is 0 Å². The van der Waals surface area contributed by atoms with E-state index in [1.807, 2.05) is 19.1 Å². The molecule has 0 atom stereocenters. The van der Waals surface area contributed by atoms with E-state index in [2.05, 4.69) is 46.1 Å². The summed E-state index contributed by atoms with van der Waals surface area (Å²) in [6, 6.07) is 8.15. The number of aromatic nitrogens is 1. The monoisotopic (exact) mass is 368 g/mol. The van der Waals surface area contributed by atoms with E-state index < -0.39 is 0 Å². The van der Waals surface area contributed by atoms with Gasteiger partial charge in [0.25, 0.3) is 0 Å². The highest BCUT2D eigenvalue weighted by molar-refractivity contribution is 6.01. The van der Waals surface area contributed by atoms with E-state index in [9.17, 15) is 0 Å². The van der Waals surface area contributed by atoms with E-state index >= 15 is 0 Å². The third-order valence-electron chi connectivity index (χ3n) is 4.84. The Balaban J connectivity index is 1.73. The Hall–Kier alpha value is -2.54. The molecule has 144 valence electrons. The van der Waals surface area contributed by atoms with Gasteiger partial charge in [-0.2, -0.15) is 0 Å². The van der Waals surface area contributed by atoms with E-state index in [0.717, 1.165) is 61.8 Å². The van der Waals surface area contributed by atoms with E-state index in [1.54, 1.807) is 0 Å². The molecule has 7 nitrogen and oxygen atoms in total. The first-order valence-corrected chi connectivity index (χ1v) is 9.45. The molecule has 0 amide bonds. The topological polar surface area (TPSA) is 92.6 Å². The summed E-state index contributed by atoms with van der Waals surface area (Å²) in [4.78, 5) is 4.66. The summed E-state index contributed by atoms with van der Waals surface area (Å²) in [7, 11) is 0. The fraction of sp³-hybridized carbons (Fsp3) is 0.500. The Labute approximate surface area is 160 Å². The molecule has 7 heteroatoms. The number of aryl methyl sites for hydroxylation is 1. The maximum atomic E-state index is 8.03. The van der Waals surface area contributed by atoms with Crippen molar-refractivity contribution in [3.05, 3.63) is 46.8 Å². The van der Waals surface area contributed by atoms with E-state index in [-0.39, 0.29) is 5.84 Å². The standard InChI is InChI=1S/C20H28N6O/c1-14(2)10-16-4-5-18(20(21)23-22)19(12-16)26-8-6-25(7-9-26)13-17-11-15(3)24-27-17/h4-5,11-12,14,21-22H,6-10,13H2,1-3H3. The van der Waals surface area contributed by atoms with Gasteiger partial charge >= 0.3 is 0 Å². The zero-order chi connectivity index (χ0) is 19.4. The van der Waals surface area contributed by atoms with Crippen LogP contribution in [0.3, 0.4) is 0 Å². The normalized spacial score (nSPS) is 15.3. The molecule has 1 aromatic carbocycles. The van der Waals surface area contributed by atoms with Gasteiger partial charge in [0, 0.05) is 43.5 Å². The lowest BCUT2D eigenvalue weighted by atomic mass is 9.99. The van der Waals surface area contributed by atoms with Crippen LogP contribution in [0, 0.1) is 23.8 Å². The zero-order valence-electron chi connectivity index (χ0n) is 16.3. The second-order valence-corrected chi connectivity index (χ2v) is 7.61. The Bertz CT molecular complexity index is 805. The molecule has 2 heterocycles. The lowest BCUT2D eigenvalue weighted by Gasteiger charge is -2.36. The number of rotatable bonds is 6. The fourth-order valence-corrected chi connectivity index (χ4v) is 3.56. The molecule has 0 saturated carbocycles. The molecule has 1 aromatic heterocycles. The zero-order valence-corrected chi connectivity index (χ0v) is 16.3. The van der Waals surface area contributed by atoms with Crippen molar-refractivity contribution in [1.82, 2.24) is 10.1 Å². The summed E-state index contributed by atoms with van der Waals surface area (Å²) in [5, 5.41) is 15.3. The van der Waals surface area contributed by atoms with Gasteiger partial charge in [-0.15, -0.1) is 5.11 Å². The Morgan fingerprint density at radius 1 is 1.22 bits per heavy atom. The van der Waals surface area contributed by atoms with Gasteiger partial charge in [0.05, 0.1) is 12.2 Å². The maximum absolute atomic E-state index is 8.03. The molecule has 2 aromatic rings. The van der Waals surface area contributed by atoms with Crippen LogP contribution < -0.4 is 4.90 Å². The lowest BCUT2D eigenvalue weighted by molar-refractivity contribution is 0.219. The van der Waals surface area contributed by atoms with Gasteiger partial charge in [-0.3, -0.25) is 10.3 Å². The van der Waals surface area contributed by atoms with Crippen molar-refractivity contribution in [3.63, 3.8) is 0 Å². The van der Waals surface area contributed by atoms with Crippen LogP contribution in [-0.2, 0) is 13.0 Å². The molecule has 1 aliphatic heterocycles. The summed E-state index contributed by atoms with van der Waals surface area (Å²) < 4.78 is 5.33. The summed E-state index contributed by atoms with van der Waals surface area (Å²) in [6.07, 6.45) is 1.00. The van der Waals surface area contributed by atoms with Crippen molar-refractivity contribution in [1.29, 1.82) is 10.9 Å². The van der Waals surface area contributed by atoms with Crippen LogP contribution in [-0.4, -0.2) is 42.1 Å². The van der Waals surface area contributed by atoms with E-state index in [1.165, 1.54) is 5.56 Å². The average molecular weight is 368 g/mol. The van der Waals surface area contributed by atoms with Crippen LogP contribution in [0.5, 0.6) is 0 Å². The van der Waals surface area contributed by atoms with Gasteiger partial charge in [-0.25, -0.2) is 5.53 Å². The van der Waals surface area contributed by atoms with Crippen LogP contribution in [0.15, 0.2) is 33.9 Å². The largest absolute Gasteiger partial charge is 0.368 e. The molecule has 1 aliphatic rings. The molecule has 0 bridgehead atoms. The molecule has 0 spiro atoms. The smallest absolute Gasteiger partial charge is 0.175 e. The third kappa shape index (κ3) is 4.80. The third-order valence-corrected chi connectivity index (χ3v) is 4.84. The summed E-state index contributed by atoms with van der Waals surface area (Å²) in [5.41, 5.74) is 11.2. The van der Waals surface area contributed by atoms with Gasteiger partial charge in [0.1, 0.15) is 0 Å². The first-order valence-electron chi connectivity index (χ1n) is 9.45. The van der Waals surface area contributed by atoms with Crippen molar-refractivity contribution in [2.24, 2.45) is 11.0 Å². The molecule has 1 saturated heterocycles. The predicted molar refractivity (Wildman–Crippen MR) is 106 cm³/mol. The minimum absolute atomic E-state index is 0.0145. The molecule has 27 heavy (non-hydrogen) atoms.